The van der Waals surface area contributed by atoms with Gasteiger partial charge in [-0.25, -0.2) is 0 Å². The number of aliphatic hydroxyl groups is 2. The standard InChI is InChI=1S/C10H22N2O2/c1-3-9(14)7-12-5-4-11-6-10(12)8(2)13/h8-11,13-14H,3-7H2,1-2H3. The predicted molar refractivity (Wildman–Crippen MR) is 56.2 cm³/mol. The zero-order valence-electron chi connectivity index (χ0n) is 9.11. The van der Waals surface area contributed by atoms with Crippen LogP contribution in [0.5, 0.6) is 0 Å². The van der Waals surface area contributed by atoms with Crippen molar-refractivity contribution < 1.29 is 10.2 Å². The van der Waals surface area contributed by atoms with Gasteiger partial charge in [0.25, 0.3) is 0 Å². The van der Waals surface area contributed by atoms with E-state index in [-0.39, 0.29) is 18.2 Å². The maximum atomic E-state index is 9.57. The molecule has 1 aliphatic rings. The number of aliphatic hydroxyl groups excluding tert-OH is 2. The lowest BCUT2D eigenvalue weighted by Gasteiger charge is -2.38. The van der Waals surface area contributed by atoms with Crippen LogP contribution in [-0.4, -0.2) is 59.5 Å². The Kier molecular flexibility index (Phi) is 4.81. The number of β-amino-alcohol motifs (C(OH)–C–C–N with tert-alkyl or cyclic N) is 1. The highest BCUT2D eigenvalue weighted by atomic mass is 16.3. The van der Waals surface area contributed by atoms with Gasteiger partial charge in [0.05, 0.1) is 12.2 Å². The van der Waals surface area contributed by atoms with Gasteiger partial charge in [-0.3, -0.25) is 4.90 Å². The van der Waals surface area contributed by atoms with Crippen LogP contribution in [-0.2, 0) is 0 Å². The third-order valence-corrected chi connectivity index (χ3v) is 2.87. The highest BCUT2D eigenvalue weighted by Gasteiger charge is 2.26. The smallest absolute Gasteiger partial charge is 0.0679 e. The highest BCUT2D eigenvalue weighted by molar-refractivity contribution is 4.84. The number of hydrogen-bond donors (Lipinski definition) is 3. The van der Waals surface area contributed by atoms with Crippen molar-refractivity contribution in [1.29, 1.82) is 0 Å². The van der Waals surface area contributed by atoms with Gasteiger partial charge >= 0.3 is 0 Å². The molecule has 0 aromatic heterocycles. The Balaban J connectivity index is 2.45. The van der Waals surface area contributed by atoms with Crippen LogP contribution in [0.4, 0.5) is 0 Å². The second-order valence-corrected chi connectivity index (χ2v) is 4.07. The van der Waals surface area contributed by atoms with Gasteiger partial charge in [-0.2, -0.15) is 0 Å². The molecule has 0 spiro atoms. The van der Waals surface area contributed by atoms with E-state index in [4.69, 9.17) is 0 Å². The fourth-order valence-corrected chi connectivity index (χ4v) is 1.87. The van der Waals surface area contributed by atoms with Gasteiger partial charge in [0.2, 0.25) is 0 Å². The number of nitrogens with zero attached hydrogens (tertiary/aromatic N) is 1. The average Bonchev–Trinajstić information content (AvgIpc) is 2.18. The molecule has 1 rings (SSSR count). The van der Waals surface area contributed by atoms with E-state index in [0.29, 0.717) is 6.54 Å². The minimum Gasteiger partial charge on any atom is -0.392 e. The summed E-state index contributed by atoms with van der Waals surface area (Å²) in [6.07, 6.45) is 0.164. The summed E-state index contributed by atoms with van der Waals surface area (Å²) in [5.41, 5.74) is 0. The van der Waals surface area contributed by atoms with Crippen molar-refractivity contribution in [3.05, 3.63) is 0 Å². The summed E-state index contributed by atoms with van der Waals surface area (Å²) in [4.78, 5) is 2.18. The van der Waals surface area contributed by atoms with Crippen molar-refractivity contribution in [3.63, 3.8) is 0 Å². The number of nitrogens with one attached hydrogen (secondary N) is 1. The molecule has 4 heteroatoms. The van der Waals surface area contributed by atoms with E-state index in [1.54, 1.807) is 0 Å². The van der Waals surface area contributed by atoms with Gasteiger partial charge < -0.3 is 15.5 Å². The van der Waals surface area contributed by atoms with Gasteiger partial charge in [-0.05, 0) is 13.3 Å². The molecule has 0 amide bonds. The third kappa shape index (κ3) is 3.20. The Morgan fingerprint density at radius 3 is 2.79 bits per heavy atom. The summed E-state index contributed by atoms with van der Waals surface area (Å²) in [5.74, 6) is 0. The lowest BCUT2D eigenvalue weighted by atomic mass is 10.1. The molecule has 3 atom stereocenters. The van der Waals surface area contributed by atoms with E-state index in [9.17, 15) is 10.2 Å². The number of hydrogen-bond acceptors (Lipinski definition) is 4. The summed E-state index contributed by atoms with van der Waals surface area (Å²) < 4.78 is 0. The van der Waals surface area contributed by atoms with Gasteiger partial charge in [-0.15, -0.1) is 0 Å². The molecule has 3 N–H and O–H groups in total. The molecule has 14 heavy (non-hydrogen) atoms. The molecule has 3 unspecified atom stereocenters. The van der Waals surface area contributed by atoms with Crippen LogP contribution in [0.1, 0.15) is 20.3 Å². The maximum absolute atomic E-state index is 9.57. The quantitative estimate of drug-likeness (QED) is 0.570. The van der Waals surface area contributed by atoms with Crippen molar-refractivity contribution in [2.75, 3.05) is 26.2 Å². The zero-order chi connectivity index (χ0) is 10.6. The first-order valence-electron chi connectivity index (χ1n) is 5.46. The maximum Gasteiger partial charge on any atom is 0.0679 e. The van der Waals surface area contributed by atoms with E-state index in [1.165, 1.54) is 0 Å². The van der Waals surface area contributed by atoms with Gasteiger partial charge in [-0.1, -0.05) is 6.92 Å². The first-order valence-corrected chi connectivity index (χ1v) is 5.46. The Labute approximate surface area is 85.9 Å². The van der Waals surface area contributed by atoms with E-state index >= 15 is 0 Å². The summed E-state index contributed by atoms with van der Waals surface area (Å²) in [6.45, 7) is 7.13. The molecule has 0 aliphatic carbocycles. The average molecular weight is 202 g/mol. The molecule has 0 aromatic rings. The molecule has 4 nitrogen and oxygen atoms in total. The van der Waals surface area contributed by atoms with Crippen LogP contribution < -0.4 is 5.32 Å². The molecule has 0 aromatic carbocycles. The SMILES string of the molecule is CCC(O)CN1CCNCC1C(C)O. The molecular weight excluding hydrogens is 180 g/mol. The first kappa shape index (κ1) is 11.9. The largest absolute Gasteiger partial charge is 0.392 e. The summed E-state index contributed by atoms with van der Waals surface area (Å²) >= 11 is 0. The van der Waals surface area contributed by atoms with Crippen LogP contribution in [0.2, 0.25) is 0 Å². The van der Waals surface area contributed by atoms with Crippen molar-refractivity contribution in [3.8, 4) is 0 Å². The van der Waals surface area contributed by atoms with Crippen LogP contribution in [0.15, 0.2) is 0 Å². The van der Waals surface area contributed by atoms with Crippen LogP contribution in [0.25, 0.3) is 0 Å². The molecule has 0 radical (unpaired) electrons. The molecule has 0 bridgehead atoms. The normalized spacial score (nSPS) is 28.7. The summed E-state index contributed by atoms with van der Waals surface area (Å²) in [6, 6.07) is 0.143. The van der Waals surface area contributed by atoms with E-state index in [0.717, 1.165) is 26.1 Å². The van der Waals surface area contributed by atoms with Crippen molar-refractivity contribution in [2.45, 2.75) is 38.5 Å². The van der Waals surface area contributed by atoms with Crippen molar-refractivity contribution in [1.82, 2.24) is 10.2 Å². The van der Waals surface area contributed by atoms with Gasteiger partial charge in [0.1, 0.15) is 0 Å². The number of rotatable bonds is 4. The van der Waals surface area contributed by atoms with Crippen molar-refractivity contribution >= 4 is 0 Å². The van der Waals surface area contributed by atoms with Crippen molar-refractivity contribution in [2.24, 2.45) is 0 Å². The minimum atomic E-state index is -0.341. The Hall–Kier alpha value is -0.160. The molecule has 1 saturated heterocycles. The molecular formula is C10H22N2O2. The fourth-order valence-electron chi connectivity index (χ4n) is 1.87. The second-order valence-electron chi connectivity index (χ2n) is 4.07. The Morgan fingerprint density at radius 1 is 1.50 bits per heavy atom. The van der Waals surface area contributed by atoms with E-state index in [1.807, 2.05) is 13.8 Å². The third-order valence-electron chi connectivity index (χ3n) is 2.87. The first-order chi connectivity index (χ1) is 6.65. The summed E-state index contributed by atoms with van der Waals surface area (Å²) in [7, 11) is 0. The zero-order valence-corrected chi connectivity index (χ0v) is 9.11. The molecule has 84 valence electrons. The molecule has 1 heterocycles. The Bertz CT molecular complexity index is 164. The molecule has 1 aliphatic heterocycles. The lowest BCUT2D eigenvalue weighted by Crippen LogP contribution is -2.57. The fraction of sp³-hybridized carbons (Fsp3) is 1.00. The van der Waals surface area contributed by atoms with Crippen LogP contribution in [0, 0.1) is 0 Å². The van der Waals surface area contributed by atoms with Gasteiger partial charge in [0, 0.05) is 32.2 Å². The van der Waals surface area contributed by atoms with E-state index < -0.39 is 0 Å². The molecule has 0 saturated carbocycles. The highest BCUT2D eigenvalue weighted by Crippen LogP contribution is 2.09. The predicted octanol–water partition coefficient (Wildman–Crippen LogP) is -0.588. The van der Waals surface area contributed by atoms with E-state index in [2.05, 4.69) is 10.2 Å². The Morgan fingerprint density at radius 2 is 2.21 bits per heavy atom. The minimum absolute atomic E-state index is 0.143. The summed E-state index contributed by atoms with van der Waals surface area (Å²) in [5, 5.41) is 22.4. The topological polar surface area (TPSA) is 55.7 Å². The monoisotopic (exact) mass is 202 g/mol. The molecule has 1 fully saturated rings. The van der Waals surface area contributed by atoms with Gasteiger partial charge in [0.15, 0.2) is 0 Å². The lowest BCUT2D eigenvalue weighted by molar-refractivity contribution is 0.0148. The second kappa shape index (κ2) is 5.66. The van der Waals surface area contributed by atoms with Crippen LogP contribution in [0.3, 0.4) is 0 Å². The number of piperazine rings is 1. The van der Waals surface area contributed by atoms with Crippen LogP contribution >= 0.6 is 0 Å².